The van der Waals surface area contributed by atoms with Crippen LogP contribution in [0.25, 0.3) is 0 Å². The van der Waals surface area contributed by atoms with E-state index in [9.17, 15) is 9.50 Å². The minimum Gasteiger partial charge on any atom is -0.497 e. The summed E-state index contributed by atoms with van der Waals surface area (Å²) in [7, 11) is 3.06. The van der Waals surface area contributed by atoms with Crippen LogP contribution in [0.4, 0.5) is 4.39 Å². The first kappa shape index (κ1) is 15.6. The van der Waals surface area contributed by atoms with Crippen molar-refractivity contribution in [2.75, 3.05) is 14.2 Å². The Morgan fingerprint density at radius 3 is 2.57 bits per heavy atom. The molecule has 1 unspecified atom stereocenters. The maximum Gasteiger partial charge on any atom is 0.124 e. The van der Waals surface area contributed by atoms with Gasteiger partial charge in [0.15, 0.2) is 0 Å². The summed E-state index contributed by atoms with van der Waals surface area (Å²) in [6.07, 6.45) is -0.700. The van der Waals surface area contributed by atoms with Gasteiger partial charge in [-0.1, -0.05) is 11.6 Å². The zero-order valence-electron chi connectivity index (χ0n) is 11.8. The third-order valence-corrected chi connectivity index (χ3v) is 3.59. The van der Waals surface area contributed by atoms with Gasteiger partial charge >= 0.3 is 0 Å². The van der Waals surface area contributed by atoms with Crippen molar-refractivity contribution in [1.29, 1.82) is 0 Å². The molecule has 0 fully saturated rings. The maximum atomic E-state index is 13.3. The molecule has 0 aromatic heterocycles. The lowest BCUT2D eigenvalue weighted by Crippen LogP contribution is -2.05. The SMILES string of the molecule is COc1ccc(OC)c(C(O)Cc2cc(F)ccc2Cl)c1. The van der Waals surface area contributed by atoms with Gasteiger partial charge < -0.3 is 14.6 Å². The minimum absolute atomic E-state index is 0.181. The third kappa shape index (κ3) is 3.65. The molecule has 2 aromatic rings. The predicted octanol–water partition coefficient (Wildman–Crippen LogP) is 3.77. The minimum atomic E-state index is -0.880. The van der Waals surface area contributed by atoms with Crippen LogP contribution in [0, 0.1) is 5.82 Å². The van der Waals surface area contributed by atoms with Gasteiger partial charge in [0.2, 0.25) is 0 Å². The molecule has 0 spiro atoms. The van der Waals surface area contributed by atoms with E-state index in [4.69, 9.17) is 21.1 Å². The van der Waals surface area contributed by atoms with Crippen LogP contribution < -0.4 is 9.47 Å². The van der Waals surface area contributed by atoms with Crippen LogP contribution in [0.2, 0.25) is 5.02 Å². The van der Waals surface area contributed by atoms with Crippen molar-refractivity contribution in [3.63, 3.8) is 0 Å². The van der Waals surface area contributed by atoms with E-state index in [1.54, 1.807) is 25.3 Å². The highest BCUT2D eigenvalue weighted by molar-refractivity contribution is 6.31. The summed E-state index contributed by atoms with van der Waals surface area (Å²) >= 11 is 6.03. The molecule has 1 N–H and O–H groups in total. The van der Waals surface area contributed by atoms with E-state index in [1.165, 1.54) is 25.3 Å². The van der Waals surface area contributed by atoms with E-state index >= 15 is 0 Å². The van der Waals surface area contributed by atoms with Crippen molar-refractivity contribution < 1.29 is 19.0 Å². The van der Waals surface area contributed by atoms with Gasteiger partial charge in [-0.3, -0.25) is 0 Å². The molecule has 21 heavy (non-hydrogen) atoms. The lowest BCUT2D eigenvalue weighted by atomic mass is 10.00. The van der Waals surface area contributed by atoms with Crippen LogP contribution in [0.3, 0.4) is 0 Å². The van der Waals surface area contributed by atoms with Crippen LogP contribution in [0.15, 0.2) is 36.4 Å². The second-order valence-electron chi connectivity index (χ2n) is 4.56. The smallest absolute Gasteiger partial charge is 0.124 e. The van der Waals surface area contributed by atoms with E-state index in [2.05, 4.69) is 0 Å². The molecule has 0 bridgehead atoms. The van der Waals surface area contributed by atoms with Gasteiger partial charge in [0.05, 0.1) is 20.3 Å². The van der Waals surface area contributed by atoms with Gasteiger partial charge in [-0.05, 0) is 42.0 Å². The Morgan fingerprint density at radius 1 is 1.14 bits per heavy atom. The molecule has 3 nitrogen and oxygen atoms in total. The van der Waals surface area contributed by atoms with Gasteiger partial charge in [0, 0.05) is 17.0 Å². The lowest BCUT2D eigenvalue weighted by molar-refractivity contribution is 0.173. The summed E-state index contributed by atoms with van der Waals surface area (Å²) in [6, 6.07) is 9.22. The second-order valence-corrected chi connectivity index (χ2v) is 4.97. The third-order valence-electron chi connectivity index (χ3n) is 3.22. The van der Waals surface area contributed by atoms with Crippen LogP contribution in [0.5, 0.6) is 11.5 Å². The first-order valence-corrected chi connectivity index (χ1v) is 6.77. The van der Waals surface area contributed by atoms with Crippen molar-refractivity contribution in [3.8, 4) is 11.5 Å². The Morgan fingerprint density at radius 2 is 1.90 bits per heavy atom. The number of hydrogen-bond acceptors (Lipinski definition) is 3. The van der Waals surface area contributed by atoms with Crippen LogP contribution in [0.1, 0.15) is 17.2 Å². The first-order valence-electron chi connectivity index (χ1n) is 6.39. The number of aliphatic hydroxyl groups excluding tert-OH is 1. The average molecular weight is 311 g/mol. The number of halogens is 2. The van der Waals surface area contributed by atoms with Crippen molar-refractivity contribution in [2.24, 2.45) is 0 Å². The Bertz CT molecular complexity index is 631. The van der Waals surface area contributed by atoms with Crippen molar-refractivity contribution in [2.45, 2.75) is 12.5 Å². The largest absolute Gasteiger partial charge is 0.497 e. The molecule has 0 radical (unpaired) electrons. The van der Waals surface area contributed by atoms with E-state index in [-0.39, 0.29) is 12.2 Å². The average Bonchev–Trinajstić information content (AvgIpc) is 2.50. The van der Waals surface area contributed by atoms with Crippen LogP contribution in [-0.4, -0.2) is 19.3 Å². The Hall–Kier alpha value is -1.78. The van der Waals surface area contributed by atoms with Crippen LogP contribution in [-0.2, 0) is 6.42 Å². The molecule has 0 heterocycles. The predicted molar refractivity (Wildman–Crippen MR) is 79.6 cm³/mol. The molecular formula is C16H16ClFO3. The summed E-state index contributed by atoms with van der Waals surface area (Å²) in [6.45, 7) is 0. The number of aliphatic hydroxyl groups is 1. The topological polar surface area (TPSA) is 38.7 Å². The monoisotopic (exact) mass is 310 g/mol. The fourth-order valence-electron chi connectivity index (χ4n) is 2.12. The van der Waals surface area contributed by atoms with Gasteiger partial charge in [-0.15, -0.1) is 0 Å². The highest BCUT2D eigenvalue weighted by Crippen LogP contribution is 2.32. The van der Waals surface area contributed by atoms with Gasteiger partial charge in [0.25, 0.3) is 0 Å². The van der Waals surface area contributed by atoms with Crippen LogP contribution >= 0.6 is 11.6 Å². The van der Waals surface area contributed by atoms with E-state index in [0.717, 1.165) is 0 Å². The van der Waals surface area contributed by atoms with E-state index in [1.807, 2.05) is 0 Å². The molecule has 0 aliphatic rings. The van der Waals surface area contributed by atoms with E-state index < -0.39 is 6.10 Å². The molecule has 0 saturated carbocycles. The molecule has 0 aliphatic carbocycles. The maximum absolute atomic E-state index is 13.3. The van der Waals surface area contributed by atoms with Gasteiger partial charge in [-0.2, -0.15) is 0 Å². The summed E-state index contributed by atoms with van der Waals surface area (Å²) in [5.74, 6) is 0.755. The Balaban J connectivity index is 2.31. The normalized spacial score (nSPS) is 12.0. The van der Waals surface area contributed by atoms with E-state index in [0.29, 0.717) is 27.6 Å². The fourth-order valence-corrected chi connectivity index (χ4v) is 2.31. The number of rotatable bonds is 5. The van der Waals surface area contributed by atoms with Crippen molar-refractivity contribution in [1.82, 2.24) is 0 Å². The molecule has 0 aliphatic heterocycles. The zero-order chi connectivity index (χ0) is 15.4. The summed E-state index contributed by atoms with van der Waals surface area (Å²) in [5.41, 5.74) is 1.10. The highest BCUT2D eigenvalue weighted by atomic mass is 35.5. The van der Waals surface area contributed by atoms with Crippen molar-refractivity contribution >= 4 is 11.6 Å². The molecule has 0 saturated heterocycles. The number of ether oxygens (including phenoxy) is 2. The number of methoxy groups -OCH3 is 2. The Labute approximate surface area is 127 Å². The summed E-state index contributed by atoms with van der Waals surface area (Å²) < 4.78 is 23.7. The van der Waals surface area contributed by atoms with Crippen molar-refractivity contribution in [3.05, 3.63) is 58.4 Å². The molecule has 5 heteroatoms. The molecule has 2 aromatic carbocycles. The fraction of sp³-hybridized carbons (Fsp3) is 0.250. The Kier molecular flexibility index (Phi) is 5.04. The standard InChI is InChI=1S/C16H16ClFO3/c1-20-12-4-6-16(21-2)13(9-12)15(19)8-10-7-11(18)3-5-14(10)17/h3-7,9,15,19H,8H2,1-2H3. The summed E-state index contributed by atoms with van der Waals surface area (Å²) in [4.78, 5) is 0. The molecule has 0 amide bonds. The van der Waals surface area contributed by atoms with Gasteiger partial charge in [-0.25, -0.2) is 4.39 Å². The quantitative estimate of drug-likeness (QED) is 0.913. The number of hydrogen-bond donors (Lipinski definition) is 1. The highest BCUT2D eigenvalue weighted by Gasteiger charge is 2.17. The second kappa shape index (κ2) is 6.78. The molecule has 112 valence electrons. The molecule has 2 rings (SSSR count). The zero-order valence-corrected chi connectivity index (χ0v) is 12.5. The lowest BCUT2D eigenvalue weighted by Gasteiger charge is -2.16. The summed E-state index contributed by atoms with van der Waals surface area (Å²) in [5, 5.41) is 10.8. The molecule has 1 atom stereocenters. The van der Waals surface area contributed by atoms with Gasteiger partial charge in [0.1, 0.15) is 17.3 Å². The molecular weight excluding hydrogens is 295 g/mol. The number of benzene rings is 2. The first-order chi connectivity index (χ1) is 10.0.